The van der Waals surface area contributed by atoms with Gasteiger partial charge in [0.1, 0.15) is 5.75 Å². The van der Waals surface area contributed by atoms with E-state index in [0.29, 0.717) is 13.0 Å². The standard InChI is InChI=1S/C14H21NO3S/c1-2-18-12-8-6-11(7-9-12)14(15)13-5-3-4-10-19(13,16)17/h6-9,13-14H,2-5,10,15H2,1H3. The fourth-order valence-electron chi connectivity index (χ4n) is 2.55. The number of nitrogens with two attached hydrogens (primary N) is 1. The Morgan fingerprint density at radius 2 is 2.00 bits per heavy atom. The molecule has 2 N–H and O–H groups in total. The van der Waals surface area contributed by atoms with Gasteiger partial charge in [0.25, 0.3) is 0 Å². The number of ether oxygens (including phenoxy) is 1. The minimum atomic E-state index is -3.05. The van der Waals surface area contributed by atoms with Gasteiger partial charge in [0.05, 0.1) is 17.6 Å². The van der Waals surface area contributed by atoms with E-state index in [9.17, 15) is 8.42 Å². The molecule has 1 aromatic rings. The Morgan fingerprint density at radius 3 is 2.58 bits per heavy atom. The van der Waals surface area contributed by atoms with Crippen LogP contribution in [0.15, 0.2) is 24.3 Å². The van der Waals surface area contributed by atoms with E-state index in [2.05, 4.69) is 0 Å². The Bertz CT molecular complexity index is 510. The highest BCUT2D eigenvalue weighted by atomic mass is 32.2. The Morgan fingerprint density at radius 1 is 1.32 bits per heavy atom. The molecule has 0 spiro atoms. The molecule has 0 aromatic heterocycles. The summed E-state index contributed by atoms with van der Waals surface area (Å²) in [5.74, 6) is 1.05. The van der Waals surface area contributed by atoms with Gasteiger partial charge in [0.15, 0.2) is 9.84 Å². The molecule has 1 aliphatic rings. The van der Waals surface area contributed by atoms with E-state index in [1.165, 1.54) is 0 Å². The average molecular weight is 283 g/mol. The predicted molar refractivity (Wildman–Crippen MR) is 76.0 cm³/mol. The minimum absolute atomic E-state index is 0.266. The number of rotatable bonds is 4. The Hall–Kier alpha value is -1.07. The van der Waals surface area contributed by atoms with E-state index in [0.717, 1.165) is 24.2 Å². The lowest BCUT2D eigenvalue weighted by atomic mass is 10.0. The number of hydrogen-bond acceptors (Lipinski definition) is 4. The summed E-state index contributed by atoms with van der Waals surface area (Å²) in [6, 6.07) is 6.96. The normalized spacial score (nSPS) is 23.8. The quantitative estimate of drug-likeness (QED) is 0.918. The van der Waals surface area contributed by atoms with E-state index < -0.39 is 21.1 Å². The maximum atomic E-state index is 12.1. The minimum Gasteiger partial charge on any atom is -0.494 e. The van der Waals surface area contributed by atoms with Crippen LogP contribution in [-0.2, 0) is 9.84 Å². The first-order valence-corrected chi connectivity index (χ1v) is 8.46. The van der Waals surface area contributed by atoms with Crippen molar-refractivity contribution in [3.63, 3.8) is 0 Å². The molecule has 1 heterocycles. The highest BCUT2D eigenvalue weighted by Crippen LogP contribution is 2.29. The van der Waals surface area contributed by atoms with Crippen molar-refractivity contribution < 1.29 is 13.2 Å². The topological polar surface area (TPSA) is 69.4 Å². The van der Waals surface area contributed by atoms with E-state index >= 15 is 0 Å². The summed E-state index contributed by atoms with van der Waals surface area (Å²) in [7, 11) is -3.05. The molecule has 2 atom stereocenters. The van der Waals surface area contributed by atoms with Crippen molar-refractivity contribution in [1.29, 1.82) is 0 Å². The first kappa shape index (κ1) is 14.3. The van der Waals surface area contributed by atoms with Crippen molar-refractivity contribution in [2.75, 3.05) is 12.4 Å². The molecule has 4 nitrogen and oxygen atoms in total. The van der Waals surface area contributed by atoms with Crippen molar-refractivity contribution in [1.82, 2.24) is 0 Å². The Labute approximate surface area is 114 Å². The summed E-state index contributed by atoms with van der Waals surface area (Å²) in [5, 5.41) is -0.445. The monoisotopic (exact) mass is 283 g/mol. The molecule has 1 aromatic carbocycles. The predicted octanol–water partition coefficient (Wildman–Crippen LogP) is 2.05. The largest absolute Gasteiger partial charge is 0.494 e. The number of hydrogen-bond donors (Lipinski definition) is 1. The maximum Gasteiger partial charge on any atom is 0.155 e. The summed E-state index contributed by atoms with van der Waals surface area (Å²) in [5.41, 5.74) is 7.01. The van der Waals surface area contributed by atoms with Gasteiger partial charge in [-0.15, -0.1) is 0 Å². The second kappa shape index (κ2) is 5.92. The molecular weight excluding hydrogens is 262 g/mol. The molecule has 106 valence electrons. The summed E-state index contributed by atoms with van der Waals surface area (Å²) in [6.07, 6.45) is 2.36. The van der Waals surface area contributed by atoms with Crippen LogP contribution in [0.1, 0.15) is 37.8 Å². The second-order valence-corrected chi connectivity index (χ2v) is 7.27. The van der Waals surface area contributed by atoms with E-state index in [1.807, 2.05) is 31.2 Å². The average Bonchev–Trinajstić information content (AvgIpc) is 2.39. The van der Waals surface area contributed by atoms with Crippen molar-refractivity contribution in [3.05, 3.63) is 29.8 Å². The Kier molecular flexibility index (Phi) is 4.47. The zero-order valence-corrected chi connectivity index (χ0v) is 12.0. The molecule has 5 heteroatoms. The molecule has 0 saturated carbocycles. The van der Waals surface area contributed by atoms with Crippen LogP contribution in [-0.4, -0.2) is 26.0 Å². The van der Waals surface area contributed by atoms with Gasteiger partial charge < -0.3 is 10.5 Å². The molecule has 2 unspecified atom stereocenters. The SMILES string of the molecule is CCOc1ccc(C(N)C2CCCCS2(=O)=O)cc1. The fourth-order valence-corrected chi connectivity index (χ4v) is 4.59. The summed E-state index contributed by atoms with van der Waals surface area (Å²) >= 11 is 0. The lowest BCUT2D eigenvalue weighted by Crippen LogP contribution is -2.37. The van der Waals surface area contributed by atoms with Crippen LogP contribution in [0, 0.1) is 0 Å². The molecule has 1 aliphatic heterocycles. The Balaban J connectivity index is 2.16. The van der Waals surface area contributed by atoms with Gasteiger partial charge in [-0.3, -0.25) is 0 Å². The van der Waals surface area contributed by atoms with Gasteiger partial charge in [-0.05, 0) is 37.5 Å². The third-order valence-corrected chi connectivity index (χ3v) is 5.91. The molecular formula is C14H21NO3S. The van der Waals surface area contributed by atoms with E-state index in [-0.39, 0.29) is 5.75 Å². The highest BCUT2D eigenvalue weighted by molar-refractivity contribution is 7.92. The summed E-state index contributed by atoms with van der Waals surface area (Å²) in [4.78, 5) is 0. The van der Waals surface area contributed by atoms with Crippen molar-refractivity contribution in [2.24, 2.45) is 5.73 Å². The van der Waals surface area contributed by atoms with Gasteiger partial charge >= 0.3 is 0 Å². The number of sulfone groups is 1. The highest BCUT2D eigenvalue weighted by Gasteiger charge is 2.34. The molecule has 0 bridgehead atoms. The van der Waals surface area contributed by atoms with Crippen LogP contribution >= 0.6 is 0 Å². The van der Waals surface area contributed by atoms with Crippen LogP contribution in [0.25, 0.3) is 0 Å². The van der Waals surface area contributed by atoms with Gasteiger partial charge in [-0.1, -0.05) is 18.6 Å². The zero-order valence-electron chi connectivity index (χ0n) is 11.2. The fraction of sp³-hybridized carbons (Fsp3) is 0.571. The third kappa shape index (κ3) is 3.28. The van der Waals surface area contributed by atoms with Crippen molar-refractivity contribution in [2.45, 2.75) is 37.5 Å². The first-order chi connectivity index (χ1) is 9.04. The summed E-state index contributed by atoms with van der Waals surface area (Å²) < 4.78 is 29.5. The van der Waals surface area contributed by atoms with E-state index in [1.54, 1.807) is 0 Å². The van der Waals surface area contributed by atoms with Crippen LogP contribution in [0.2, 0.25) is 0 Å². The molecule has 2 rings (SSSR count). The summed E-state index contributed by atoms with van der Waals surface area (Å²) in [6.45, 7) is 2.54. The number of benzene rings is 1. The smallest absolute Gasteiger partial charge is 0.155 e. The molecule has 19 heavy (non-hydrogen) atoms. The van der Waals surface area contributed by atoms with Gasteiger partial charge in [0, 0.05) is 6.04 Å². The van der Waals surface area contributed by atoms with E-state index in [4.69, 9.17) is 10.5 Å². The van der Waals surface area contributed by atoms with Crippen molar-refractivity contribution in [3.8, 4) is 5.75 Å². The zero-order chi connectivity index (χ0) is 13.9. The first-order valence-electron chi connectivity index (χ1n) is 6.74. The van der Waals surface area contributed by atoms with Crippen LogP contribution in [0.4, 0.5) is 0 Å². The molecule has 1 fully saturated rings. The van der Waals surface area contributed by atoms with Crippen molar-refractivity contribution >= 4 is 9.84 Å². The molecule has 0 amide bonds. The maximum absolute atomic E-state index is 12.1. The lowest BCUT2D eigenvalue weighted by Gasteiger charge is -2.27. The molecule has 0 radical (unpaired) electrons. The lowest BCUT2D eigenvalue weighted by molar-refractivity contribution is 0.340. The third-order valence-electron chi connectivity index (χ3n) is 3.61. The van der Waals surface area contributed by atoms with Crippen LogP contribution < -0.4 is 10.5 Å². The van der Waals surface area contributed by atoms with Crippen LogP contribution in [0.3, 0.4) is 0 Å². The second-order valence-electron chi connectivity index (χ2n) is 4.93. The van der Waals surface area contributed by atoms with Crippen LogP contribution in [0.5, 0.6) is 5.75 Å². The molecule has 1 saturated heterocycles. The van der Waals surface area contributed by atoms with Gasteiger partial charge in [0.2, 0.25) is 0 Å². The van der Waals surface area contributed by atoms with Gasteiger partial charge in [-0.2, -0.15) is 0 Å². The molecule has 0 aliphatic carbocycles. The van der Waals surface area contributed by atoms with Gasteiger partial charge in [-0.25, -0.2) is 8.42 Å².